The minimum atomic E-state index is -0.0316. The number of nitrogens with zero attached hydrogens (tertiary/aromatic N) is 2. The Kier molecular flexibility index (Phi) is 5.00. The number of ether oxygens (including phenoxy) is 1. The molecule has 5 heteroatoms. The van der Waals surface area contributed by atoms with Gasteiger partial charge in [-0.05, 0) is 30.3 Å². The zero-order valence-corrected chi connectivity index (χ0v) is 13.0. The van der Waals surface area contributed by atoms with Gasteiger partial charge in [0.1, 0.15) is 23.5 Å². The molecule has 0 aliphatic heterocycles. The van der Waals surface area contributed by atoms with Crippen LogP contribution in [0.25, 0.3) is 6.08 Å². The molecule has 0 aromatic heterocycles. The highest BCUT2D eigenvalue weighted by atomic mass is 79.9. The number of allylic oxidation sites excluding steroid dienone is 1. The van der Waals surface area contributed by atoms with Crippen molar-refractivity contribution in [2.24, 2.45) is 0 Å². The monoisotopic (exact) mass is 358 g/mol. The molecule has 0 bridgehead atoms. The van der Waals surface area contributed by atoms with Crippen LogP contribution in [-0.4, -0.2) is 0 Å². The summed E-state index contributed by atoms with van der Waals surface area (Å²) in [4.78, 5) is 0. The maximum Gasteiger partial charge on any atom is 0.154 e. The molecule has 2 rings (SSSR count). The molecular weight excluding hydrogens is 352 g/mol. The van der Waals surface area contributed by atoms with Crippen LogP contribution in [-0.2, 0) is 0 Å². The van der Waals surface area contributed by atoms with E-state index in [9.17, 15) is 0 Å². The van der Waals surface area contributed by atoms with Crippen molar-refractivity contribution < 1.29 is 4.74 Å². The van der Waals surface area contributed by atoms with Crippen molar-refractivity contribution in [2.45, 2.75) is 0 Å². The molecule has 0 radical (unpaired) electrons. The summed E-state index contributed by atoms with van der Waals surface area (Å²) in [5.74, 6) is 1.00. The minimum Gasteiger partial charge on any atom is -0.455 e. The van der Waals surface area contributed by atoms with Crippen molar-refractivity contribution in [1.82, 2.24) is 0 Å². The first-order valence-corrected chi connectivity index (χ1v) is 7.05. The Balaban J connectivity index is 2.55. The van der Waals surface area contributed by atoms with Gasteiger partial charge in [0.05, 0.1) is 5.02 Å². The van der Waals surface area contributed by atoms with Gasteiger partial charge in [0, 0.05) is 10.0 Å². The van der Waals surface area contributed by atoms with E-state index in [1.54, 1.807) is 24.3 Å². The third kappa shape index (κ3) is 3.64. The Morgan fingerprint density at radius 3 is 2.38 bits per heavy atom. The van der Waals surface area contributed by atoms with Crippen LogP contribution >= 0.6 is 27.5 Å². The average Bonchev–Trinajstić information content (AvgIpc) is 2.52. The molecule has 0 aliphatic rings. The molecule has 0 unspecified atom stereocenters. The number of hydrogen-bond donors (Lipinski definition) is 0. The number of halogens is 2. The fourth-order valence-corrected chi connectivity index (χ4v) is 2.26. The molecule has 2 aromatic carbocycles. The predicted molar refractivity (Wildman–Crippen MR) is 84.9 cm³/mol. The number of hydrogen-bond acceptors (Lipinski definition) is 3. The second-order valence-corrected chi connectivity index (χ2v) is 5.23. The van der Waals surface area contributed by atoms with E-state index in [4.69, 9.17) is 26.9 Å². The molecule has 0 saturated heterocycles. The lowest BCUT2D eigenvalue weighted by Crippen LogP contribution is -1.91. The molecule has 2 aromatic rings. The Morgan fingerprint density at radius 2 is 1.76 bits per heavy atom. The van der Waals surface area contributed by atoms with Gasteiger partial charge in [-0.25, -0.2) is 0 Å². The molecule has 0 fully saturated rings. The molecule has 0 amide bonds. The first-order valence-electron chi connectivity index (χ1n) is 5.88. The molecule has 0 spiro atoms. The summed E-state index contributed by atoms with van der Waals surface area (Å²) in [6.45, 7) is 0. The Bertz CT molecular complexity index is 757. The van der Waals surface area contributed by atoms with Crippen molar-refractivity contribution in [1.29, 1.82) is 10.5 Å². The number of rotatable bonds is 3. The molecule has 0 heterocycles. The van der Waals surface area contributed by atoms with Crippen LogP contribution in [0.4, 0.5) is 0 Å². The topological polar surface area (TPSA) is 56.8 Å². The second-order valence-electron chi connectivity index (χ2n) is 3.97. The maximum absolute atomic E-state index is 8.90. The minimum absolute atomic E-state index is 0.0316. The van der Waals surface area contributed by atoms with Crippen molar-refractivity contribution in [3.8, 4) is 23.6 Å². The lowest BCUT2D eigenvalue weighted by atomic mass is 10.1. The number of nitriles is 2. The largest absolute Gasteiger partial charge is 0.455 e. The van der Waals surface area contributed by atoms with Crippen molar-refractivity contribution in [3.05, 3.63) is 63.1 Å². The highest BCUT2D eigenvalue weighted by Crippen LogP contribution is 2.38. The fraction of sp³-hybridized carbons (Fsp3) is 0. The smallest absolute Gasteiger partial charge is 0.154 e. The summed E-state index contributed by atoms with van der Waals surface area (Å²) in [5.41, 5.74) is 0.514. The predicted octanol–water partition coefficient (Wildman–Crippen LogP) is 5.33. The summed E-state index contributed by atoms with van der Waals surface area (Å²) < 4.78 is 6.47. The standard InChI is InChI=1S/C16H8BrClN2O/c17-14-6-7-15(18)16(13(14)8-11(9-19)10-20)21-12-4-2-1-3-5-12/h1-8H. The van der Waals surface area contributed by atoms with Gasteiger partial charge in [-0.1, -0.05) is 45.7 Å². The van der Waals surface area contributed by atoms with Gasteiger partial charge in [0.25, 0.3) is 0 Å². The molecule has 102 valence electrons. The van der Waals surface area contributed by atoms with E-state index in [0.29, 0.717) is 26.6 Å². The summed E-state index contributed by atoms with van der Waals surface area (Å²) in [6, 6.07) is 16.2. The SMILES string of the molecule is N#CC(C#N)=Cc1c(Br)ccc(Cl)c1Oc1ccccc1. The molecule has 0 N–H and O–H groups in total. The third-order valence-electron chi connectivity index (χ3n) is 2.59. The average molecular weight is 360 g/mol. The number of benzene rings is 2. The summed E-state index contributed by atoms with van der Waals surface area (Å²) in [5, 5.41) is 18.2. The van der Waals surface area contributed by atoms with Crippen LogP contribution in [0.3, 0.4) is 0 Å². The molecule has 21 heavy (non-hydrogen) atoms. The van der Waals surface area contributed by atoms with Crippen LogP contribution in [0.1, 0.15) is 5.56 Å². The van der Waals surface area contributed by atoms with Crippen LogP contribution in [0.5, 0.6) is 11.5 Å². The van der Waals surface area contributed by atoms with E-state index in [1.807, 2.05) is 30.3 Å². The van der Waals surface area contributed by atoms with Gasteiger partial charge in [-0.3, -0.25) is 0 Å². The van der Waals surface area contributed by atoms with Crippen LogP contribution in [0.2, 0.25) is 5.02 Å². The van der Waals surface area contributed by atoms with E-state index in [0.717, 1.165) is 0 Å². The molecule has 3 nitrogen and oxygen atoms in total. The van der Waals surface area contributed by atoms with E-state index in [2.05, 4.69) is 15.9 Å². The normalized spacial score (nSPS) is 9.33. The van der Waals surface area contributed by atoms with Crippen molar-refractivity contribution >= 4 is 33.6 Å². The quantitative estimate of drug-likeness (QED) is 0.696. The lowest BCUT2D eigenvalue weighted by molar-refractivity contribution is 0.481. The highest BCUT2D eigenvalue weighted by Gasteiger charge is 2.13. The molecule has 0 aliphatic carbocycles. The van der Waals surface area contributed by atoms with Crippen molar-refractivity contribution in [3.63, 3.8) is 0 Å². The van der Waals surface area contributed by atoms with Gasteiger partial charge in [-0.2, -0.15) is 10.5 Å². The van der Waals surface area contributed by atoms with Gasteiger partial charge in [0.15, 0.2) is 5.75 Å². The summed E-state index contributed by atoms with van der Waals surface area (Å²) in [7, 11) is 0. The van der Waals surface area contributed by atoms with Gasteiger partial charge < -0.3 is 4.74 Å². The third-order valence-corrected chi connectivity index (χ3v) is 3.58. The van der Waals surface area contributed by atoms with Crippen LogP contribution < -0.4 is 4.74 Å². The Morgan fingerprint density at radius 1 is 1.10 bits per heavy atom. The molecular formula is C16H8BrClN2O. The summed E-state index contributed by atoms with van der Waals surface area (Å²) >= 11 is 9.56. The van der Waals surface area contributed by atoms with Crippen molar-refractivity contribution in [2.75, 3.05) is 0 Å². The Hall–Kier alpha value is -2.27. The molecule has 0 saturated carbocycles. The van der Waals surface area contributed by atoms with Gasteiger partial charge in [-0.15, -0.1) is 0 Å². The number of para-hydroxylation sites is 1. The van der Waals surface area contributed by atoms with Crippen LogP contribution in [0.15, 0.2) is 52.5 Å². The second kappa shape index (κ2) is 6.95. The molecule has 0 atom stereocenters. The van der Waals surface area contributed by atoms with E-state index in [1.165, 1.54) is 6.08 Å². The van der Waals surface area contributed by atoms with Gasteiger partial charge in [0.2, 0.25) is 0 Å². The first kappa shape index (κ1) is 15.1. The van der Waals surface area contributed by atoms with Crippen LogP contribution in [0, 0.1) is 22.7 Å². The Labute approximate surface area is 135 Å². The van der Waals surface area contributed by atoms with E-state index < -0.39 is 0 Å². The van der Waals surface area contributed by atoms with E-state index in [-0.39, 0.29) is 5.57 Å². The summed E-state index contributed by atoms with van der Waals surface area (Å²) in [6.07, 6.45) is 1.44. The van der Waals surface area contributed by atoms with Gasteiger partial charge >= 0.3 is 0 Å². The lowest BCUT2D eigenvalue weighted by Gasteiger charge is -2.12. The van der Waals surface area contributed by atoms with E-state index >= 15 is 0 Å². The highest BCUT2D eigenvalue weighted by molar-refractivity contribution is 9.10. The fourth-order valence-electron chi connectivity index (χ4n) is 1.63. The first-order chi connectivity index (χ1) is 10.2. The zero-order valence-electron chi connectivity index (χ0n) is 10.7. The zero-order chi connectivity index (χ0) is 15.2. The maximum atomic E-state index is 8.90.